The van der Waals surface area contributed by atoms with Crippen LogP contribution in [0.15, 0.2) is 0 Å². The van der Waals surface area contributed by atoms with Crippen LogP contribution < -0.4 is 0 Å². The lowest BCUT2D eigenvalue weighted by molar-refractivity contribution is 0.479. The topological polar surface area (TPSA) is 9.23 Å². The van der Waals surface area contributed by atoms with E-state index in [0.29, 0.717) is 0 Å². The molecule has 0 aliphatic heterocycles. The van der Waals surface area contributed by atoms with Crippen molar-refractivity contribution >= 4 is 39.2 Å². The van der Waals surface area contributed by atoms with Gasteiger partial charge in [0.05, 0.1) is 0 Å². The molecule has 0 N–H and O–H groups in total. The van der Waals surface area contributed by atoms with Crippen LogP contribution in [0, 0.1) is 0 Å². The molecule has 0 aromatic heterocycles. The van der Waals surface area contributed by atoms with Crippen LogP contribution >= 0.6 is 27.4 Å². The summed E-state index contributed by atoms with van der Waals surface area (Å²) in [7, 11) is 1.58. The molecule has 0 spiro atoms. The summed E-state index contributed by atoms with van der Waals surface area (Å²) in [5.41, 5.74) is 0. The summed E-state index contributed by atoms with van der Waals surface area (Å²) >= 11 is 12.4. The van der Waals surface area contributed by atoms with Crippen LogP contribution in [0.25, 0.3) is 0 Å². The van der Waals surface area contributed by atoms with Gasteiger partial charge < -0.3 is 4.52 Å². The number of hydrogen-bond donors (Lipinski definition) is 0. The Bertz CT molecular complexity index is 131. The van der Waals surface area contributed by atoms with E-state index in [1.807, 2.05) is 0 Å². The molecule has 62 valence electrons. The van der Waals surface area contributed by atoms with Crippen LogP contribution in [0.5, 0.6) is 0 Å². The van der Waals surface area contributed by atoms with E-state index >= 15 is 0 Å². The van der Waals surface area contributed by atoms with Crippen LogP contribution in [0.4, 0.5) is 0 Å². The second kappa shape index (κ2) is 5.84. The maximum Gasteiger partial charge on any atom is 0.207 e. The molecule has 0 heterocycles. The molecule has 0 aliphatic rings. The molecule has 1 atom stereocenters. The number of rotatable bonds is 5. The third-order valence-electron chi connectivity index (χ3n) is 0.961. The Hall–Kier alpha value is 1.25. The molecule has 0 amide bonds. The highest BCUT2D eigenvalue weighted by Crippen LogP contribution is 2.64. The molecule has 0 saturated carbocycles. The molecule has 0 bridgehead atoms. The predicted octanol–water partition coefficient (Wildman–Crippen LogP) is 3.63. The van der Waals surface area contributed by atoms with Gasteiger partial charge in [-0.05, 0) is 29.5 Å². The molecule has 0 radical (unpaired) electrons. The summed E-state index contributed by atoms with van der Waals surface area (Å²) in [6, 6.07) is 0. The number of halogens is 1. The van der Waals surface area contributed by atoms with Gasteiger partial charge in [0.2, 0.25) is 4.82 Å². The lowest BCUT2D eigenvalue weighted by Gasteiger charge is -2.09. The largest absolute Gasteiger partial charge is 0.334 e. The maximum absolute atomic E-state index is 5.82. The van der Waals surface area contributed by atoms with Gasteiger partial charge in [-0.1, -0.05) is 24.7 Å². The van der Waals surface area contributed by atoms with Crippen LogP contribution in [0.3, 0.4) is 0 Å². The molecule has 5 heteroatoms. The van der Waals surface area contributed by atoms with Crippen molar-refractivity contribution in [3.8, 4) is 0 Å². The minimum Gasteiger partial charge on any atom is -0.334 e. The average Bonchev–Trinajstić information content (AvgIpc) is 1.89. The second-order valence-electron chi connectivity index (χ2n) is 1.80. The fourth-order valence-corrected chi connectivity index (χ4v) is 3.76. The zero-order valence-corrected chi connectivity index (χ0v) is 9.45. The van der Waals surface area contributed by atoms with Gasteiger partial charge in [-0.15, -0.1) is 0 Å². The predicted molar refractivity (Wildman–Crippen MR) is 54.5 cm³/mol. The van der Waals surface area contributed by atoms with E-state index in [1.54, 1.807) is 18.5 Å². The summed E-state index contributed by atoms with van der Waals surface area (Å²) in [5.74, 6) is 1.02. The normalized spacial score (nSPS) is 16.7. The first-order valence-corrected chi connectivity index (χ1v) is 8.34. The van der Waals surface area contributed by atoms with Gasteiger partial charge in [0.25, 0.3) is 0 Å². The summed E-state index contributed by atoms with van der Waals surface area (Å²) < 4.78 is 4.94. The van der Waals surface area contributed by atoms with Crippen LogP contribution in [-0.2, 0) is 16.3 Å². The highest BCUT2D eigenvalue weighted by molar-refractivity contribution is 8.76. The van der Waals surface area contributed by atoms with Crippen molar-refractivity contribution in [1.29, 1.82) is 0 Å². The van der Waals surface area contributed by atoms with Crippen LogP contribution in [0.2, 0.25) is 0 Å². The zero-order valence-electron chi connectivity index (χ0n) is 6.17. The van der Waals surface area contributed by atoms with Gasteiger partial charge in [-0.25, -0.2) is 0 Å². The third-order valence-corrected chi connectivity index (χ3v) is 6.79. The number of hydrogen-bond acceptors (Lipinski definition) is 3. The Labute approximate surface area is 76.5 Å². The van der Waals surface area contributed by atoms with E-state index in [-0.39, 0.29) is 0 Å². The first-order chi connectivity index (χ1) is 4.62. The molecule has 0 fully saturated rings. The van der Waals surface area contributed by atoms with E-state index in [0.717, 1.165) is 5.75 Å². The molecule has 0 rings (SSSR count). The smallest absolute Gasteiger partial charge is 0.207 e. The van der Waals surface area contributed by atoms with Crippen molar-refractivity contribution in [1.82, 2.24) is 0 Å². The second-order valence-corrected chi connectivity index (χ2v) is 10.9. The Morgan fingerprint density at radius 3 is 2.70 bits per heavy atom. The average molecular weight is 219 g/mol. The molecule has 0 aromatic rings. The quantitative estimate of drug-likeness (QED) is 0.515. The Balaban J connectivity index is 3.38. The summed E-state index contributed by atoms with van der Waals surface area (Å²) in [6.45, 7) is 2.14. The van der Waals surface area contributed by atoms with Crippen LogP contribution in [0.1, 0.15) is 19.8 Å². The SMILES string of the molecule is CCCCSP(=S)(Cl)OC. The highest BCUT2D eigenvalue weighted by Gasteiger charge is 2.10. The minimum atomic E-state index is -1.98. The van der Waals surface area contributed by atoms with Gasteiger partial charge in [0.15, 0.2) is 0 Å². The van der Waals surface area contributed by atoms with E-state index in [1.165, 1.54) is 12.8 Å². The standard InChI is InChI=1S/C5H12ClOPS2/c1-3-4-5-10-8(6,9)7-2/h3-5H2,1-2H3. The first-order valence-electron chi connectivity index (χ1n) is 3.12. The van der Waals surface area contributed by atoms with Crippen molar-refractivity contribution in [3.05, 3.63) is 0 Å². The van der Waals surface area contributed by atoms with E-state index in [2.05, 4.69) is 6.92 Å². The fraction of sp³-hybridized carbons (Fsp3) is 1.00. The summed E-state index contributed by atoms with van der Waals surface area (Å²) in [4.78, 5) is -1.98. The van der Waals surface area contributed by atoms with E-state index in [4.69, 9.17) is 27.6 Å². The Morgan fingerprint density at radius 2 is 2.30 bits per heavy atom. The van der Waals surface area contributed by atoms with Gasteiger partial charge >= 0.3 is 0 Å². The van der Waals surface area contributed by atoms with Crippen molar-refractivity contribution in [3.63, 3.8) is 0 Å². The minimum absolute atomic E-state index is 1.02. The van der Waals surface area contributed by atoms with Crippen molar-refractivity contribution in [2.75, 3.05) is 12.9 Å². The highest BCUT2D eigenvalue weighted by atomic mass is 35.7. The molecular formula is C5H12ClOPS2. The molecule has 0 saturated heterocycles. The molecule has 0 aliphatic carbocycles. The fourth-order valence-electron chi connectivity index (χ4n) is 0.371. The molecule has 10 heavy (non-hydrogen) atoms. The molecule has 1 unspecified atom stereocenters. The van der Waals surface area contributed by atoms with Crippen LogP contribution in [-0.4, -0.2) is 12.9 Å². The van der Waals surface area contributed by atoms with Gasteiger partial charge in [-0.3, -0.25) is 0 Å². The van der Waals surface area contributed by atoms with E-state index < -0.39 is 4.82 Å². The monoisotopic (exact) mass is 218 g/mol. The van der Waals surface area contributed by atoms with Gasteiger partial charge in [0.1, 0.15) is 0 Å². The molecule has 1 nitrogen and oxygen atoms in total. The first kappa shape index (κ1) is 11.2. The van der Waals surface area contributed by atoms with Crippen molar-refractivity contribution in [2.45, 2.75) is 19.8 Å². The molecular weight excluding hydrogens is 207 g/mol. The van der Waals surface area contributed by atoms with Gasteiger partial charge in [0, 0.05) is 12.9 Å². The number of unbranched alkanes of at least 4 members (excludes halogenated alkanes) is 1. The Morgan fingerprint density at radius 1 is 1.70 bits per heavy atom. The zero-order chi connectivity index (χ0) is 8.04. The van der Waals surface area contributed by atoms with Gasteiger partial charge in [-0.2, -0.15) is 0 Å². The lowest BCUT2D eigenvalue weighted by atomic mass is 10.4. The lowest BCUT2D eigenvalue weighted by Crippen LogP contribution is -1.76. The Kier molecular flexibility index (Phi) is 6.57. The maximum atomic E-state index is 5.82. The van der Waals surface area contributed by atoms with Crippen molar-refractivity contribution < 1.29 is 4.52 Å². The van der Waals surface area contributed by atoms with Crippen molar-refractivity contribution in [2.24, 2.45) is 0 Å². The third kappa shape index (κ3) is 5.99. The molecule has 0 aromatic carbocycles. The summed E-state index contributed by atoms with van der Waals surface area (Å²) in [5, 5.41) is 0. The summed E-state index contributed by atoms with van der Waals surface area (Å²) in [6.07, 6.45) is 2.35. The van der Waals surface area contributed by atoms with E-state index in [9.17, 15) is 0 Å².